The molecule has 1 saturated heterocycles. The average molecular weight is 218 g/mol. The third-order valence-corrected chi connectivity index (χ3v) is 3.38. The maximum atomic E-state index is 10.3. The van der Waals surface area contributed by atoms with Gasteiger partial charge in [0.1, 0.15) is 6.10 Å². The van der Waals surface area contributed by atoms with E-state index in [4.69, 9.17) is 10.5 Å². The second-order valence-electron chi connectivity index (χ2n) is 3.15. The van der Waals surface area contributed by atoms with Crippen molar-refractivity contribution in [2.45, 2.75) is 37.4 Å². The molecule has 3 unspecified atom stereocenters. The first-order valence-electron chi connectivity index (χ1n) is 4.37. The maximum absolute atomic E-state index is 10.3. The standard InChI is InChI=1S/C8H14N2O3S/c1-4-5(2)14-6(3)7(12-4)10-13-8(9)11/h4-6H,1-3H3,(H2,9,11). The van der Waals surface area contributed by atoms with Gasteiger partial charge in [-0.25, -0.2) is 4.79 Å². The molecule has 0 spiro atoms. The van der Waals surface area contributed by atoms with E-state index >= 15 is 0 Å². The summed E-state index contributed by atoms with van der Waals surface area (Å²) in [6, 6.07) is 0. The number of rotatable bonds is 1. The van der Waals surface area contributed by atoms with E-state index in [0.717, 1.165) is 0 Å². The van der Waals surface area contributed by atoms with Crippen LogP contribution in [-0.4, -0.2) is 28.6 Å². The van der Waals surface area contributed by atoms with E-state index in [-0.39, 0.29) is 11.4 Å². The number of thioether (sulfide) groups is 1. The largest absolute Gasteiger partial charge is 0.474 e. The minimum atomic E-state index is -0.926. The van der Waals surface area contributed by atoms with Gasteiger partial charge in [0.25, 0.3) is 0 Å². The van der Waals surface area contributed by atoms with Crippen molar-refractivity contribution in [3.05, 3.63) is 0 Å². The molecule has 1 rings (SSSR count). The molecule has 0 aromatic rings. The number of carbonyl (C=O) groups excluding carboxylic acids is 1. The van der Waals surface area contributed by atoms with Crippen LogP contribution >= 0.6 is 11.8 Å². The molecule has 1 aliphatic rings. The quantitative estimate of drug-likeness (QED) is 0.532. The summed E-state index contributed by atoms with van der Waals surface area (Å²) in [5.74, 6) is 0.416. The number of ether oxygens (including phenoxy) is 1. The molecule has 80 valence electrons. The summed E-state index contributed by atoms with van der Waals surface area (Å²) < 4.78 is 5.46. The van der Waals surface area contributed by atoms with Crippen LogP contribution in [0.3, 0.4) is 0 Å². The lowest BCUT2D eigenvalue weighted by Gasteiger charge is -2.30. The molecule has 1 aliphatic heterocycles. The third-order valence-electron chi connectivity index (χ3n) is 1.96. The minimum absolute atomic E-state index is 0.0615. The molecule has 0 aromatic heterocycles. The highest BCUT2D eigenvalue weighted by Gasteiger charge is 2.29. The fraction of sp³-hybridized carbons (Fsp3) is 0.750. The van der Waals surface area contributed by atoms with Crippen LogP contribution in [0.15, 0.2) is 5.16 Å². The Hall–Kier alpha value is -0.910. The average Bonchev–Trinajstić information content (AvgIpc) is 2.09. The highest BCUT2D eigenvalue weighted by molar-refractivity contribution is 8.01. The first kappa shape index (κ1) is 11.2. The van der Waals surface area contributed by atoms with E-state index in [1.165, 1.54) is 0 Å². The van der Waals surface area contributed by atoms with Crippen LogP contribution in [0.25, 0.3) is 0 Å². The minimum Gasteiger partial charge on any atom is -0.474 e. The highest BCUT2D eigenvalue weighted by Crippen LogP contribution is 2.29. The summed E-state index contributed by atoms with van der Waals surface area (Å²) >= 11 is 1.72. The molecule has 1 amide bonds. The van der Waals surface area contributed by atoms with Gasteiger partial charge in [-0.3, -0.25) is 4.84 Å². The van der Waals surface area contributed by atoms with E-state index in [9.17, 15) is 4.79 Å². The van der Waals surface area contributed by atoms with Gasteiger partial charge in [0.05, 0.1) is 5.25 Å². The molecule has 0 bridgehead atoms. The van der Waals surface area contributed by atoms with Crippen molar-refractivity contribution >= 4 is 23.8 Å². The second-order valence-corrected chi connectivity index (χ2v) is 4.87. The number of oxime groups is 1. The van der Waals surface area contributed by atoms with Crippen LogP contribution in [0, 0.1) is 0 Å². The van der Waals surface area contributed by atoms with Crippen LogP contribution < -0.4 is 5.73 Å². The number of nitrogens with zero attached hydrogens (tertiary/aromatic N) is 1. The Balaban J connectivity index is 2.60. The monoisotopic (exact) mass is 218 g/mol. The zero-order valence-electron chi connectivity index (χ0n) is 8.39. The Labute approximate surface area is 87.0 Å². The Kier molecular flexibility index (Phi) is 3.62. The summed E-state index contributed by atoms with van der Waals surface area (Å²) in [7, 11) is 0. The zero-order chi connectivity index (χ0) is 10.7. The second kappa shape index (κ2) is 4.54. The summed E-state index contributed by atoms with van der Waals surface area (Å²) in [5.41, 5.74) is 4.79. The van der Waals surface area contributed by atoms with Gasteiger partial charge < -0.3 is 10.5 Å². The highest BCUT2D eigenvalue weighted by atomic mass is 32.2. The van der Waals surface area contributed by atoms with E-state index in [2.05, 4.69) is 16.9 Å². The van der Waals surface area contributed by atoms with Crippen LogP contribution in [0.2, 0.25) is 0 Å². The zero-order valence-corrected chi connectivity index (χ0v) is 9.21. The molecule has 0 aromatic carbocycles. The lowest BCUT2D eigenvalue weighted by molar-refractivity contribution is 0.142. The Bertz CT molecular complexity index is 257. The predicted octanol–water partition coefficient (Wildman–Crippen LogP) is 1.32. The van der Waals surface area contributed by atoms with E-state index < -0.39 is 6.09 Å². The van der Waals surface area contributed by atoms with Crippen molar-refractivity contribution < 1.29 is 14.4 Å². The predicted molar refractivity (Wildman–Crippen MR) is 55.2 cm³/mol. The van der Waals surface area contributed by atoms with Gasteiger partial charge in [-0.2, -0.15) is 0 Å². The van der Waals surface area contributed by atoms with E-state index in [1.54, 1.807) is 11.8 Å². The molecule has 14 heavy (non-hydrogen) atoms. The van der Waals surface area contributed by atoms with Gasteiger partial charge in [-0.15, -0.1) is 11.8 Å². The van der Waals surface area contributed by atoms with Crippen LogP contribution in [-0.2, 0) is 9.57 Å². The number of nitrogens with two attached hydrogens (primary N) is 1. The Morgan fingerprint density at radius 2 is 2.21 bits per heavy atom. The molecule has 0 radical (unpaired) electrons. The fourth-order valence-electron chi connectivity index (χ4n) is 1.06. The smallest absolute Gasteiger partial charge is 0.430 e. The van der Waals surface area contributed by atoms with Gasteiger partial charge in [0, 0.05) is 5.25 Å². The first-order valence-corrected chi connectivity index (χ1v) is 5.31. The molecule has 1 fully saturated rings. The van der Waals surface area contributed by atoms with Crippen molar-refractivity contribution in [2.24, 2.45) is 10.9 Å². The molecule has 0 saturated carbocycles. The molecular weight excluding hydrogens is 204 g/mol. The molecular formula is C8H14N2O3S. The first-order chi connectivity index (χ1) is 6.50. The number of carbonyl (C=O) groups is 1. The Morgan fingerprint density at radius 3 is 2.79 bits per heavy atom. The molecule has 5 nitrogen and oxygen atoms in total. The number of amides is 1. The summed E-state index contributed by atoms with van der Waals surface area (Å²) in [4.78, 5) is 14.6. The molecule has 2 N–H and O–H groups in total. The Morgan fingerprint density at radius 1 is 1.57 bits per heavy atom. The lowest BCUT2D eigenvalue weighted by Crippen LogP contribution is -2.36. The van der Waals surface area contributed by atoms with Crippen molar-refractivity contribution in [1.29, 1.82) is 0 Å². The maximum Gasteiger partial charge on any atom is 0.430 e. The lowest BCUT2D eigenvalue weighted by atomic mass is 10.3. The third kappa shape index (κ3) is 2.80. The van der Waals surface area contributed by atoms with Crippen molar-refractivity contribution in [3.63, 3.8) is 0 Å². The van der Waals surface area contributed by atoms with E-state index in [0.29, 0.717) is 11.1 Å². The topological polar surface area (TPSA) is 73.9 Å². The SMILES string of the molecule is CC1SC(C)C(C)OC1=NOC(N)=O. The number of primary amides is 1. The number of hydrogen-bond donors (Lipinski definition) is 1. The summed E-state index contributed by atoms with van der Waals surface area (Å²) in [6.07, 6.45) is -0.865. The van der Waals surface area contributed by atoms with Gasteiger partial charge in [-0.05, 0) is 25.9 Å². The number of hydrogen-bond acceptors (Lipinski definition) is 5. The van der Waals surface area contributed by atoms with Crippen LogP contribution in [0.4, 0.5) is 4.79 Å². The molecule has 6 heteroatoms. The normalized spacial score (nSPS) is 35.1. The van der Waals surface area contributed by atoms with Gasteiger partial charge >= 0.3 is 6.09 Å². The summed E-state index contributed by atoms with van der Waals surface area (Å²) in [5, 5.41) is 4.03. The fourth-order valence-corrected chi connectivity index (χ4v) is 2.19. The molecule has 3 atom stereocenters. The van der Waals surface area contributed by atoms with Crippen molar-refractivity contribution in [2.75, 3.05) is 0 Å². The van der Waals surface area contributed by atoms with Crippen molar-refractivity contribution in [3.8, 4) is 0 Å². The molecule has 0 aliphatic carbocycles. The van der Waals surface area contributed by atoms with Crippen molar-refractivity contribution in [1.82, 2.24) is 0 Å². The molecule has 1 heterocycles. The summed E-state index contributed by atoms with van der Waals surface area (Å²) in [6.45, 7) is 5.97. The van der Waals surface area contributed by atoms with E-state index in [1.807, 2.05) is 13.8 Å². The van der Waals surface area contributed by atoms with Crippen LogP contribution in [0.1, 0.15) is 20.8 Å². The van der Waals surface area contributed by atoms with Gasteiger partial charge in [0.2, 0.25) is 5.90 Å². The van der Waals surface area contributed by atoms with Gasteiger partial charge in [-0.1, -0.05) is 0 Å². The van der Waals surface area contributed by atoms with Gasteiger partial charge in [0.15, 0.2) is 0 Å². The van der Waals surface area contributed by atoms with Crippen LogP contribution in [0.5, 0.6) is 0 Å².